The van der Waals surface area contributed by atoms with E-state index in [9.17, 15) is 4.79 Å². The first-order valence-corrected chi connectivity index (χ1v) is 14.1. The van der Waals surface area contributed by atoms with E-state index in [0.29, 0.717) is 24.9 Å². The maximum Gasteiger partial charge on any atom is 0.309 e. The molecule has 4 atom stereocenters. The molecule has 2 aromatic carbocycles. The van der Waals surface area contributed by atoms with Crippen LogP contribution in [-0.2, 0) is 9.53 Å². The molecule has 0 aromatic heterocycles. The Hall–Kier alpha value is -3.13. The van der Waals surface area contributed by atoms with E-state index in [4.69, 9.17) is 4.74 Å². The van der Waals surface area contributed by atoms with E-state index in [1.165, 1.54) is 33.4 Å². The second-order valence-corrected chi connectivity index (χ2v) is 11.4. The predicted octanol–water partition coefficient (Wildman–Crippen LogP) is 9.69. The number of benzene rings is 2. The van der Waals surface area contributed by atoms with Gasteiger partial charge in [-0.2, -0.15) is 0 Å². The van der Waals surface area contributed by atoms with Gasteiger partial charge in [0, 0.05) is 5.92 Å². The smallest absolute Gasteiger partial charge is 0.309 e. The Bertz CT molecular complexity index is 1110. The van der Waals surface area contributed by atoms with Crippen LogP contribution in [0, 0.1) is 23.7 Å². The van der Waals surface area contributed by atoms with Gasteiger partial charge in [-0.3, -0.25) is 4.79 Å². The molecule has 0 aliphatic heterocycles. The van der Waals surface area contributed by atoms with Gasteiger partial charge < -0.3 is 4.74 Å². The third kappa shape index (κ3) is 7.25. The Balaban J connectivity index is 1.88. The second-order valence-electron chi connectivity index (χ2n) is 11.4. The van der Waals surface area contributed by atoms with E-state index < -0.39 is 0 Å². The molecule has 0 amide bonds. The fourth-order valence-electron chi connectivity index (χ4n) is 5.96. The van der Waals surface area contributed by atoms with Gasteiger partial charge in [-0.15, -0.1) is 13.2 Å². The van der Waals surface area contributed by atoms with Crippen molar-refractivity contribution in [3.8, 4) is 11.1 Å². The molecular weight excluding hydrogens is 464 g/mol. The SMILES string of the molecule is C=CCC(C(=O)OCC1c2ccccc2-c2ccccc21)C(CC=C(C)C)C(CC=C)C(C)CC=C(C)C. The summed E-state index contributed by atoms with van der Waals surface area (Å²) in [5.74, 6) is 0.609. The van der Waals surface area contributed by atoms with Crippen LogP contribution in [0.2, 0.25) is 0 Å². The summed E-state index contributed by atoms with van der Waals surface area (Å²) in [6.45, 7) is 19.3. The fraction of sp³-hybridized carbons (Fsp3) is 0.417. The van der Waals surface area contributed by atoms with E-state index >= 15 is 0 Å². The van der Waals surface area contributed by atoms with Crippen molar-refractivity contribution < 1.29 is 9.53 Å². The third-order valence-electron chi connectivity index (χ3n) is 8.01. The number of fused-ring (bicyclic) bond motifs is 3. The van der Waals surface area contributed by atoms with Gasteiger partial charge >= 0.3 is 5.97 Å². The first kappa shape index (κ1) is 29.4. The quantitative estimate of drug-likeness (QED) is 0.187. The van der Waals surface area contributed by atoms with Gasteiger partial charge in [0.15, 0.2) is 0 Å². The largest absolute Gasteiger partial charge is 0.464 e. The Morgan fingerprint density at radius 1 is 0.789 bits per heavy atom. The monoisotopic (exact) mass is 510 g/mol. The van der Waals surface area contributed by atoms with Gasteiger partial charge in [0.2, 0.25) is 0 Å². The first-order valence-electron chi connectivity index (χ1n) is 14.1. The van der Waals surface area contributed by atoms with Crippen LogP contribution < -0.4 is 0 Å². The lowest BCUT2D eigenvalue weighted by Crippen LogP contribution is -2.34. The maximum atomic E-state index is 13.9. The molecule has 38 heavy (non-hydrogen) atoms. The zero-order valence-corrected chi connectivity index (χ0v) is 24.1. The third-order valence-corrected chi connectivity index (χ3v) is 8.01. The lowest BCUT2D eigenvalue weighted by atomic mass is 9.70. The van der Waals surface area contributed by atoms with Crippen LogP contribution in [0.5, 0.6) is 0 Å². The van der Waals surface area contributed by atoms with Gasteiger partial charge in [-0.1, -0.05) is 90.9 Å². The second kappa shape index (κ2) is 14.1. The summed E-state index contributed by atoms with van der Waals surface area (Å²) in [5.41, 5.74) is 7.56. The highest BCUT2D eigenvalue weighted by molar-refractivity contribution is 5.79. The van der Waals surface area contributed by atoms with Crippen molar-refractivity contribution in [1.82, 2.24) is 0 Å². The number of hydrogen-bond donors (Lipinski definition) is 0. The summed E-state index contributed by atoms with van der Waals surface area (Å²) in [6.07, 6.45) is 11.8. The maximum absolute atomic E-state index is 13.9. The minimum atomic E-state index is -0.242. The summed E-state index contributed by atoms with van der Waals surface area (Å²) in [6, 6.07) is 17.0. The van der Waals surface area contributed by atoms with Crippen molar-refractivity contribution in [1.29, 1.82) is 0 Å². The standard InChI is InChI=1S/C36H46O2/c1-8-14-28(27(7)22-20-25(3)4)33(23-21-26(5)6)34(15-9-2)36(37)38-24-35-31-18-12-10-16-29(31)30-17-11-13-19-32(30)35/h8-13,16-21,27-28,33-35H,1-2,14-15,22-24H2,3-7H3. The molecule has 0 spiro atoms. The number of esters is 1. The van der Waals surface area contributed by atoms with E-state index in [2.05, 4.69) is 108 Å². The number of allylic oxidation sites excluding steroid dienone is 6. The highest BCUT2D eigenvalue weighted by Crippen LogP contribution is 2.45. The lowest BCUT2D eigenvalue weighted by molar-refractivity contribution is -0.152. The number of ether oxygens (including phenoxy) is 1. The molecule has 0 fully saturated rings. The summed E-state index contributed by atoms with van der Waals surface area (Å²) in [7, 11) is 0. The van der Waals surface area contributed by atoms with Gasteiger partial charge in [0.25, 0.3) is 0 Å². The molecule has 0 bridgehead atoms. The molecule has 1 aliphatic carbocycles. The summed E-state index contributed by atoms with van der Waals surface area (Å²) >= 11 is 0. The molecule has 3 rings (SSSR count). The molecule has 0 radical (unpaired) electrons. The van der Waals surface area contributed by atoms with Crippen molar-refractivity contribution in [2.24, 2.45) is 23.7 Å². The van der Waals surface area contributed by atoms with E-state index in [0.717, 1.165) is 19.3 Å². The average Bonchev–Trinajstić information content (AvgIpc) is 3.22. The van der Waals surface area contributed by atoms with Gasteiger partial charge in [-0.25, -0.2) is 0 Å². The molecule has 2 aromatic rings. The Kier molecular flexibility index (Phi) is 11.0. The van der Waals surface area contributed by atoms with Gasteiger partial charge in [0.05, 0.1) is 5.92 Å². The van der Waals surface area contributed by atoms with Crippen LogP contribution >= 0.6 is 0 Å². The molecule has 0 saturated heterocycles. The topological polar surface area (TPSA) is 26.3 Å². The normalized spacial score (nSPS) is 15.3. The van der Waals surface area contributed by atoms with Crippen molar-refractivity contribution >= 4 is 5.97 Å². The van der Waals surface area contributed by atoms with E-state index in [-0.39, 0.29) is 23.7 Å². The van der Waals surface area contributed by atoms with Crippen molar-refractivity contribution in [3.05, 3.63) is 108 Å². The first-order chi connectivity index (χ1) is 18.3. The Morgan fingerprint density at radius 2 is 1.32 bits per heavy atom. The molecule has 0 heterocycles. The molecule has 2 nitrogen and oxygen atoms in total. The highest BCUT2D eigenvalue weighted by Gasteiger charge is 2.37. The molecular formula is C36H46O2. The Labute approximate surface area is 231 Å². The molecule has 1 aliphatic rings. The van der Waals surface area contributed by atoms with Crippen LogP contribution in [0.1, 0.15) is 77.3 Å². The van der Waals surface area contributed by atoms with Crippen LogP contribution in [0.15, 0.2) is 97.1 Å². The molecule has 2 heteroatoms. The summed E-state index contributed by atoms with van der Waals surface area (Å²) in [5, 5.41) is 0. The van der Waals surface area contributed by atoms with Crippen molar-refractivity contribution in [2.45, 2.75) is 66.2 Å². The minimum Gasteiger partial charge on any atom is -0.464 e. The Morgan fingerprint density at radius 3 is 1.84 bits per heavy atom. The molecule has 0 saturated carbocycles. The number of carbonyl (C=O) groups is 1. The van der Waals surface area contributed by atoms with E-state index in [1.807, 2.05) is 12.2 Å². The summed E-state index contributed by atoms with van der Waals surface area (Å²) < 4.78 is 6.20. The lowest BCUT2D eigenvalue weighted by Gasteiger charge is -2.35. The number of hydrogen-bond acceptors (Lipinski definition) is 2. The molecule has 202 valence electrons. The predicted molar refractivity (Wildman–Crippen MR) is 162 cm³/mol. The van der Waals surface area contributed by atoms with Crippen LogP contribution in [-0.4, -0.2) is 12.6 Å². The number of carbonyl (C=O) groups excluding carboxylic acids is 1. The molecule has 4 unspecified atom stereocenters. The summed E-state index contributed by atoms with van der Waals surface area (Å²) in [4.78, 5) is 13.9. The van der Waals surface area contributed by atoms with E-state index in [1.54, 1.807) is 0 Å². The zero-order valence-electron chi connectivity index (χ0n) is 24.1. The van der Waals surface area contributed by atoms with Crippen molar-refractivity contribution in [2.75, 3.05) is 6.61 Å². The zero-order chi connectivity index (χ0) is 27.7. The van der Waals surface area contributed by atoms with Gasteiger partial charge in [-0.05, 0) is 93.4 Å². The average molecular weight is 511 g/mol. The fourth-order valence-corrected chi connectivity index (χ4v) is 5.96. The van der Waals surface area contributed by atoms with Gasteiger partial charge in [0.1, 0.15) is 6.61 Å². The van der Waals surface area contributed by atoms with Crippen molar-refractivity contribution in [3.63, 3.8) is 0 Å². The highest BCUT2D eigenvalue weighted by atomic mass is 16.5. The minimum absolute atomic E-state index is 0.0625. The van der Waals surface area contributed by atoms with Crippen LogP contribution in [0.25, 0.3) is 11.1 Å². The number of rotatable bonds is 14. The van der Waals surface area contributed by atoms with Crippen LogP contribution in [0.3, 0.4) is 0 Å². The molecule has 0 N–H and O–H groups in total. The van der Waals surface area contributed by atoms with Crippen LogP contribution in [0.4, 0.5) is 0 Å².